The number of aliphatic carboxylic acids is 1. The van der Waals surface area contributed by atoms with E-state index in [-0.39, 0.29) is 32.6 Å². The normalized spacial score (nSPS) is 14.8. The fraction of sp³-hybridized carbons (Fsp3) is 0.0952. The number of urea groups is 1. The van der Waals surface area contributed by atoms with Crippen LogP contribution in [0.5, 0.6) is 5.75 Å². The van der Waals surface area contributed by atoms with Gasteiger partial charge in [0.15, 0.2) is 12.4 Å². The van der Waals surface area contributed by atoms with Crippen molar-refractivity contribution in [3.63, 3.8) is 0 Å². The van der Waals surface area contributed by atoms with E-state index >= 15 is 0 Å². The van der Waals surface area contributed by atoms with Gasteiger partial charge in [0.2, 0.25) is 0 Å². The summed E-state index contributed by atoms with van der Waals surface area (Å²) in [5.74, 6) is -3.78. The molecule has 0 unspecified atom stereocenters. The SMILES string of the molecule is COC(=O)c1ccc(N2C(=O)NC(=O)/C(=C\c3cc(Cl)c(OCC(=O)O)c(Cl)c3)C2=O)cc1. The zero-order valence-electron chi connectivity index (χ0n) is 16.8. The average molecular weight is 493 g/mol. The number of barbiturate groups is 1. The summed E-state index contributed by atoms with van der Waals surface area (Å²) < 4.78 is 9.63. The number of halogens is 2. The molecule has 33 heavy (non-hydrogen) atoms. The molecule has 1 heterocycles. The lowest BCUT2D eigenvalue weighted by Gasteiger charge is -2.26. The summed E-state index contributed by atoms with van der Waals surface area (Å²) in [5.41, 5.74) is 0.143. The maximum atomic E-state index is 13.0. The number of rotatable bonds is 6. The van der Waals surface area contributed by atoms with Gasteiger partial charge in [-0.25, -0.2) is 19.3 Å². The summed E-state index contributed by atoms with van der Waals surface area (Å²) in [6.07, 6.45) is 1.17. The van der Waals surface area contributed by atoms with Gasteiger partial charge >= 0.3 is 18.0 Å². The van der Waals surface area contributed by atoms with Crippen LogP contribution in [0.3, 0.4) is 0 Å². The van der Waals surface area contributed by atoms with E-state index in [9.17, 15) is 24.0 Å². The van der Waals surface area contributed by atoms with Crippen molar-refractivity contribution in [2.24, 2.45) is 0 Å². The van der Waals surface area contributed by atoms with Gasteiger partial charge in [0, 0.05) is 0 Å². The first-order chi connectivity index (χ1) is 15.6. The fourth-order valence-corrected chi connectivity index (χ4v) is 3.47. The van der Waals surface area contributed by atoms with Gasteiger partial charge < -0.3 is 14.6 Å². The number of carboxylic acids is 1. The number of carbonyl (C=O) groups excluding carboxylic acids is 4. The van der Waals surface area contributed by atoms with Gasteiger partial charge in [-0.15, -0.1) is 0 Å². The van der Waals surface area contributed by atoms with Crippen LogP contribution in [0.1, 0.15) is 15.9 Å². The van der Waals surface area contributed by atoms with Crippen LogP contribution < -0.4 is 15.0 Å². The topological polar surface area (TPSA) is 139 Å². The first-order valence-corrected chi connectivity index (χ1v) is 9.81. The van der Waals surface area contributed by atoms with Gasteiger partial charge in [0.05, 0.1) is 28.4 Å². The highest BCUT2D eigenvalue weighted by Gasteiger charge is 2.37. The Balaban J connectivity index is 1.94. The second kappa shape index (κ2) is 9.72. The van der Waals surface area contributed by atoms with Crippen molar-refractivity contribution in [3.8, 4) is 5.75 Å². The second-order valence-electron chi connectivity index (χ2n) is 6.49. The molecule has 170 valence electrons. The van der Waals surface area contributed by atoms with Crippen molar-refractivity contribution in [3.05, 3.63) is 63.1 Å². The van der Waals surface area contributed by atoms with Crippen LogP contribution in [0.15, 0.2) is 42.0 Å². The molecule has 2 aromatic rings. The number of nitrogens with zero attached hydrogens (tertiary/aromatic N) is 1. The van der Waals surface area contributed by atoms with Crippen molar-refractivity contribution < 1.29 is 38.6 Å². The van der Waals surface area contributed by atoms with Crippen molar-refractivity contribution in [1.29, 1.82) is 0 Å². The Bertz CT molecular complexity index is 1180. The Morgan fingerprint density at radius 2 is 1.70 bits per heavy atom. The number of esters is 1. The maximum Gasteiger partial charge on any atom is 0.341 e. The molecule has 2 N–H and O–H groups in total. The minimum atomic E-state index is -1.23. The fourth-order valence-electron chi connectivity index (χ4n) is 2.86. The number of ether oxygens (including phenoxy) is 2. The third kappa shape index (κ3) is 5.13. The molecule has 0 bridgehead atoms. The largest absolute Gasteiger partial charge is 0.479 e. The summed E-state index contributed by atoms with van der Waals surface area (Å²) in [7, 11) is 1.21. The van der Waals surface area contributed by atoms with Crippen LogP contribution in [0.2, 0.25) is 10.0 Å². The lowest BCUT2D eigenvalue weighted by atomic mass is 10.1. The zero-order valence-corrected chi connectivity index (χ0v) is 18.3. The molecule has 0 spiro atoms. The van der Waals surface area contributed by atoms with Gasteiger partial charge in [0.1, 0.15) is 5.57 Å². The monoisotopic (exact) mass is 492 g/mol. The minimum Gasteiger partial charge on any atom is -0.479 e. The predicted octanol–water partition coefficient (Wildman–Crippen LogP) is 2.91. The van der Waals surface area contributed by atoms with E-state index in [2.05, 4.69) is 10.1 Å². The van der Waals surface area contributed by atoms with Crippen LogP contribution in [0.25, 0.3) is 6.08 Å². The molecular weight excluding hydrogens is 479 g/mol. The summed E-state index contributed by atoms with van der Waals surface area (Å²) in [4.78, 5) is 60.6. The lowest BCUT2D eigenvalue weighted by Crippen LogP contribution is -2.54. The zero-order chi connectivity index (χ0) is 24.3. The first kappa shape index (κ1) is 23.8. The van der Waals surface area contributed by atoms with Crippen LogP contribution in [-0.4, -0.2) is 48.6 Å². The standard InChI is InChI=1S/C21H14Cl2N2O8/c1-32-20(30)11-2-4-12(5-3-11)25-19(29)13(18(28)24-21(25)31)6-10-7-14(22)17(15(23)8-10)33-9-16(26)27/h2-8H,9H2,1H3,(H,26,27)(H,24,28,31)/b13-6+. The molecule has 1 saturated heterocycles. The van der Waals surface area contributed by atoms with Gasteiger partial charge in [-0.05, 0) is 48.0 Å². The van der Waals surface area contributed by atoms with E-state index in [1.807, 2.05) is 0 Å². The molecule has 4 amide bonds. The van der Waals surface area contributed by atoms with E-state index in [0.717, 1.165) is 4.90 Å². The Kier molecular flexibility index (Phi) is 7.00. The van der Waals surface area contributed by atoms with E-state index < -0.39 is 42.0 Å². The Hall–Kier alpha value is -3.89. The van der Waals surface area contributed by atoms with Crippen LogP contribution in [-0.2, 0) is 19.1 Å². The molecule has 0 atom stereocenters. The first-order valence-electron chi connectivity index (χ1n) is 9.06. The third-order valence-electron chi connectivity index (χ3n) is 4.32. The van der Waals surface area contributed by atoms with Gasteiger partial charge in [-0.2, -0.15) is 0 Å². The van der Waals surface area contributed by atoms with Crippen LogP contribution in [0.4, 0.5) is 10.5 Å². The number of carboxylic acid groups (broad SMARTS) is 1. The molecule has 0 aromatic heterocycles. The Labute approximate surface area is 196 Å². The molecule has 1 fully saturated rings. The quantitative estimate of drug-likeness (QED) is 0.356. The van der Waals surface area contributed by atoms with Crippen molar-refractivity contribution in [1.82, 2.24) is 5.32 Å². The molecule has 0 aliphatic carbocycles. The van der Waals surface area contributed by atoms with Crippen LogP contribution in [0, 0.1) is 0 Å². The highest BCUT2D eigenvalue weighted by Crippen LogP contribution is 2.35. The minimum absolute atomic E-state index is 0.0504. The summed E-state index contributed by atoms with van der Waals surface area (Å²) in [6, 6.07) is 7.06. The summed E-state index contributed by atoms with van der Waals surface area (Å²) >= 11 is 12.2. The molecule has 1 aliphatic heterocycles. The maximum absolute atomic E-state index is 13.0. The van der Waals surface area contributed by atoms with Gasteiger partial charge in [0.25, 0.3) is 11.8 Å². The molecule has 0 saturated carbocycles. The van der Waals surface area contributed by atoms with Gasteiger partial charge in [-0.1, -0.05) is 23.2 Å². The second-order valence-corrected chi connectivity index (χ2v) is 7.31. The lowest BCUT2D eigenvalue weighted by molar-refractivity contribution is -0.139. The predicted molar refractivity (Wildman–Crippen MR) is 116 cm³/mol. The number of carbonyl (C=O) groups is 5. The van der Waals surface area contributed by atoms with Crippen molar-refractivity contribution in [2.45, 2.75) is 0 Å². The molecular formula is C21H14Cl2N2O8. The van der Waals surface area contributed by atoms with Crippen molar-refractivity contribution in [2.75, 3.05) is 18.6 Å². The molecule has 3 rings (SSSR count). The molecule has 2 aromatic carbocycles. The smallest absolute Gasteiger partial charge is 0.341 e. The number of nitrogens with one attached hydrogen (secondary N) is 1. The number of hydrogen-bond acceptors (Lipinski definition) is 7. The molecule has 10 nitrogen and oxygen atoms in total. The van der Waals surface area contributed by atoms with E-state index in [0.29, 0.717) is 0 Å². The molecule has 0 radical (unpaired) electrons. The number of imide groups is 2. The van der Waals surface area contributed by atoms with Crippen molar-refractivity contribution >= 4 is 64.7 Å². The third-order valence-corrected chi connectivity index (χ3v) is 4.88. The van der Waals surface area contributed by atoms with Gasteiger partial charge in [-0.3, -0.25) is 14.9 Å². The van der Waals surface area contributed by atoms with E-state index in [1.165, 1.54) is 49.6 Å². The van der Waals surface area contributed by atoms with Crippen LogP contribution >= 0.6 is 23.2 Å². The number of anilines is 1. The summed E-state index contributed by atoms with van der Waals surface area (Å²) in [5, 5.41) is 10.7. The Morgan fingerprint density at radius 1 is 1.09 bits per heavy atom. The average Bonchev–Trinajstić information content (AvgIpc) is 2.75. The highest BCUT2D eigenvalue weighted by atomic mass is 35.5. The Morgan fingerprint density at radius 3 is 2.24 bits per heavy atom. The molecule has 1 aliphatic rings. The molecule has 12 heteroatoms. The number of amides is 4. The van der Waals surface area contributed by atoms with E-state index in [1.54, 1.807) is 0 Å². The number of benzene rings is 2. The van der Waals surface area contributed by atoms with E-state index in [4.69, 9.17) is 33.0 Å². The summed E-state index contributed by atoms with van der Waals surface area (Å²) in [6.45, 7) is -0.674. The highest BCUT2D eigenvalue weighted by molar-refractivity contribution is 6.40. The number of hydrogen-bond donors (Lipinski definition) is 2. The number of methoxy groups -OCH3 is 1.